The highest BCUT2D eigenvalue weighted by molar-refractivity contribution is 6.03. The summed E-state index contributed by atoms with van der Waals surface area (Å²) in [5, 5.41) is 7.75. The Kier molecular flexibility index (Phi) is 3.84. The Hall–Kier alpha value is -1.14. The Morgan fingerprint density at radius 2 is 2.21 bits per heavy atom. The lowest BCUT2D eigenvalue weighted by Crippen LogP contribution is -2.45. The number of carbonyl (C=O) groups excluding carboxylic acids is 2. The second-order valence-electron chi connectivity index (χ2n) is 3.30. The third-order valence-electron chi connectivity index (χ3n) is 2.13. The van der Waals surface area contributed by atoms with Crippen molar-refractivity contribution >= 4 is 11.9 Å². The van der Waals surface area contributed by atoms with Gasteiger partial charge in [0.15, 0.2) is 6.17 Å². The van der Waals surface area contributed by atoms with Crippen molar-refractivity contribution in [1.82, 2.24) is 20.9 Å². The van der Waals surface area contributed by atoms with Crippen molar-refractivity contribution in [1.29, 1.82) is 0 Å². The van der Waals surface area contributed by atoms with Gasteiger partial charge in [-0.05, 0) is 27.1 Å². The number of likely N-dealkylation sites (N-methyl/N-ethyl adjacent to an activating group) is 1. The van der Waals surface area contributed by atoms with E-state index < -0.39 is 12.2 Å². The summed E-state index contributed by atoms with van der Waals surface area (Å²) in [6, 6.07) is -0.416. The van der Waals surface area contributed by atoms with Crippen LogP contribution in [0.25, 0.3) is 0 Å². The summed E-state index contributed by atoms with van der Waals surface area (Å²) in [4.78, 5) is 23.8. The molecule has 0 aromatic carbocycles. The summed E-state index contributed by atoms with van der Waals surface area (Å²) in [5.74, 6) is -0.276. The molecule has 3 N–H and O–H groups in total. The van der Waals surface area contributed by atoms with Gasteiger partial charge in [0.25, 0.3) is 5.91 Å². The van der Waals surface area contributed by atoms with Gasteiger partial charge < -0.3 is 10.6 Å². The fourth-order valence-electron chi connectivity index (χ4n) is 1.35. The van der Waals surface area contributed by atoms with Gasteiger partial charge in [-0.1, -0.05) is 0 Å². The number of rotatable bonds is 5. The van der Waals surface area contributed by atoms with Crippen LogP contribution in [-0.2, 0) is 4.79 Å². The minimum absolute atomic E-state index is 0.276. The van der Waals surface area contributed by atoms with Gasteiger partial charge in [-0.2, -0.15) is 0 Å². The quantitative estimate of drug-likeness (QED) is 0.381. The number of hydrogen-bond donors (Lipinski definition) is 3. The average molecular weight is 200 g/mol. The van der Waals surface area contributed by atoms with Crippen molar-refractivity contribution < 1.29 is 9.59 Å². The third-order valence-corrected chi connectivity index (χ3v) is 2.13. The molecule has 0 spiro atoms. The molecule has 0 aliphatic carbocycles. The van der Waals surface area contributed by atoms with E-state index in [0.717, 1.165) is 19.5 Å². The molecule has 0 saturated carbocycles. The van der Waals surface area contributed by atoms with Crippen LogP contribution in [0.2, 0.25) is 0 Å². The number of nitrogens with zero attached hydrogens (tertiary/aromatic N) is 1. The maximum Gasteiger partial charge on any atom is 0.323 e. The number of hydrogen-bond acceptors (Lipinski definition) is 4. The number of amides is 3. The summed E-state index contributed by atoms with van der Waals surface area (Å²) < 4.78 is 0. The molecule has 1 aliphatic rings. The molecule has 0 aromatic rings. The molecule has 1 saturated heterocycles. The van der Waals surface area contributed by atoms with E-state index in [4.69, 9.17) is 0 Å². The van der Waals surface area contributed by atoms with Crippen molar-refractivity contribution in [2.75, 3.05) is 27.2 Å². The van der Waals surface area contributed by atoms with Crippen molar-refractivity contribution in [2.24, 2.45) is 0 Å². The molecule has 0 radical (unpaired) electrons. The summed E-state index contributed by atoms with van der Waals surface area (Å²) in [5.41, 5.74) is 0. The van der Waals surface area contributed by atoms with E-state index in [-0.39, 0.29) is 5.91 Å². The Bertz CT molecular complexity index is 231. The molecule has 1 unspecified atom stereocenters. The molecule has 0 bridgehead atoms. The normalized spacial score (nSPS) is 21.2. The van der Waals surface area contributed by atoms with Crippen LogP contribution in [0.3, 0.4) is 0 Å². The standard InChI is InChI=1S/C8H16N4O2/c1-9-4-3-5-12(2)6-7(13)11-8(14)10-6/h6,9H,3-5H2,1-2H3,(H2,10,11,13,14). The smallest absolute Gasteiger partial charge is 0.320 e. The topological polar surface area (TPSA) is 73.5 Å². The van der Waals surface area contributed by atoms with Gasteiger partial charge in [0.05, 0.1) is 0 Å². The van der Waals surface area contributed by atoms with Crippen LogP contribution in [0.4, 0.5) is 4.79 Å². The molecule has 1 atom stereocenters. The lowest BCUT2D eigenvalue weighted by molar-refractivity contribution is -0.123. The molecule has 3 amide bonds. The maximum atomic E-state index is 11.2. The fourth-order valence-corrected chi connectivity index (χ4v) is 1.35. The van der Waals surface area contributed by atoms with Gasteiger partial charge in [0.2, 0.25) is 0 Å². The zero-order chi connectivity index (χ0) is 10.6. The van der Waals surface area contributed by atoms with Gasteiger partial charge in [-0.3, -0.25) is 15.0 Å². The molecule has 14 heavy (non-hydrogen) atoms. The first kappa shape index (κ1) is 10.9. The van der Waals surface area contributed by atoms with Crippen LogP contribution in [0.1, 0.15) is 6.42 Å². The highest BCUT2D eigenvalue weighted by Crippen LogP contribution is 1.99. The van der Waals surface area contributed by atoms with Crippen molar-refractivity contribution in [3.05, 3.63) is 0 Å². The van der Waals surface area contributed by atoms with Gasteiger partial charge >= 0.3 is 6.03 Å². The molecular weight excluding hydrogens is 184 g/mol. The lowest BCUT2D eigenvalue weighted by Gasteiger charge is -2.21. The minimum atomic E-state index is -0.514. The van der Waals surface area contributed by atoms with Crippen LogP contribution in [-0.4, -0.2) is 50.2 Å². The highest BCUT2D eigenvalue weighted by atomic mass is 16.2. The maximum absolute atomic E-state index is 11.2. The molecule has 6 nitrogen and oxygen atoms in total. The van der Waals surface area contributed by atoms with Crippen LogP contribution < -0.4 is 16.0 Å². The van der Waals surface area contributed by atoms with E-state index in [1.54, 1.807) is 0 Å². The van der Waals surface area contributed by atoms with Crippen molar-refractivity contribution in [3.8, 4) is 0 Å². The van der Waals surface area contributed by atoms with E-state index in [1.165, 1.54) is 0 Å². The van der Waals surface area contributed by atoms with Crippen LogP contribution in [0, 0.1) is 0 Å². The summed E-state index contributed by atoms with van der Waals surface area (Å²) in [7, 11) is 3.69. The Morgan fingerprint density at radius 1 is 1.50 bits per heavy atom. The van der Waals surface area contributed by atoms with Crippen molar-refractivity contribution in [2.45, 2.75) is 12.6 Å². The van der Waals surface area contributed by atoms with Crippen LogP contribution in [0.15, 0.2) is 0 Å². The van der Waals surface area contributed by atoms with E-state index >= 15 is 0 Å². The average Bonchev–Trinajstić information content (AvgIpc) is 2.45. The van der Waals surface area contributed by atoms with Crippen LogP contribution >= 0.6 is 0 Å². The predicted molar refractivity (Wildman–Crippen MR) is 51.6 cm³/mol. The molecule has 1 rings (SSSR count). The first-order chi connectivity index (χ1) is 6.65. The molecule has 1 fully saturated rings. The summed E-state index contributed by atoms with van der Waals surface area (Å²) in [6.07, 6.45) is 0.423. The van der Waals surface area contributed by atoms with Gasteiger partial charge in [0.1, 0.15) is 0 Å². The second-order valence-corrected chi connectivity index (χ2v) is 3.30. The number of carbonyl (C=O) groups is 2. The Balaban J connectivity index is 2.33. The van der Waals surface area contributed by atoms with Gasteiger partial charge in [-0.15, -0.1) is 0 Å². The van der Waals surface area contributed by atoms with E-state index in [2.05, 4.69) is 16.0 Å². The summed E-state index contributed by atoms with van der Waals surface area (Å²) in [6.45, 7) is 1.66. The molecule has 6 heteroatoms. The first-order valence-electron chi connectivity index (χ1n) is 4.61. The summed E-state index contributed by atoms with van der Waals surface area (Å²) >= 11 is 0. The van der Waals surface area contributed by atoms with Gasteiger partial charge in [0, 0.05) is 6.54 Å². The Morgan fingerprint density at radius 3 is 2.71 bits per heavy atom. The largest absolute Gasteiger partial charge is 0.323 e. The Labute approximate surface area is 83.0 Å². The lowest BCUT2D eigenvalue weighted by atomic mass is 10.3. The molecule has 1 heterocycles. The first-order valence-corrected chi connectivity index (χ1v) is 4.61. The predicted octanol–water partition coefficient (Wildman–Crippen LogP) is -1.31. The van der Waals surface area contributed by atoms with Crippen LogP contribution in [0.5, 0.6) is 0 Å². The number of imide groups is 1. The fraction of sp³-hybridized carbons (Fsp3) is 0.750. The SMILES string of the molecule is CNCCCN(C)C1NC(=O)NC1=O. The zero-order valence-corrected chi connectivity index (χ0v) is 8.46. The van der Waals surface area contributed by atoms with Gasteiger partial charge in [-0.25, -0.2) is 4.79 Å². The molecule has 0 aromatic heterocycles. The van der Waals surface area contributed by atoms with E-state index in [9.17, 15) is 9.59 Å². The highest BCUT2D eigenvalue weighted by Gasteiger charge is 2.32. The molecular formula is C8H16N4O2. The minimum Gasteiger partial charge on any atom is -0.320 e. The monoisotopic (exact) mass is 200 g/mol. The van der Waals surface area contributed by atoms with Crippen molar-refractivity contribution in [3.63, 3.8) is 0 Å². The number of nitrogens with one attached hydrogen (secondary N) is 3. The second kappa shape index (κ2) is 4.92. The third kappa shape index (κ3) is 2.68. The zero-order valence-electron chi connectivity index (χ0n) is 8.46. The van der Waals surface area contributed by atoms with E-state index in [0.29, 0.717) is 0 Å². The van der Waals surface area contributed by atoms with E-state index in [1.807, 2.05) is 19.0 Å². The molecule has 80 valence electrons. The molecule has 1 aliphatic heterocycles. The number of urea groups is 1.